The van der Waals surface area contributed by atoms with Crippen LogP contribution in [0.2, 0.25) is 0 Å². The predicted molar refractivity (Wildman–Crippen MR) is 106 cm³/mol. The van der Waals surface area contributed by atoms with Gasteiger partial charge in [-0.1, -0.05) is 18.2 Å². The second-order valence-electron chi connectivity index (χ2n) is 5.73. The van der Waals surface area contributed by atoms with Crippen LogP contribution in [0.25, 0.3) is 0 Å². The van der Waals surface area contributed by atoms with Crippen molar-refractivity contribution in [1.82, 2.24) is 15.5 Å². The van der Waals surface area contributed by atoms with Crippen LogP contribution >= 0.6 is 23.6 Å². The molecule has 1 aromatic carbocycles. The summed E-state index contributed by atoms with van der Waals surface area (Å²) in [7, 11) is 5.86. The van der Waals surface area contributed by atoms with Gasteiger partial charge >= 0.3 is 0 Å². The van der Waals surface area contributed by atoms with Crippen molar-refractivity contribution in [3.63, 3.8) is 0 Å². The fraction of sp³-hybridized carbons (Fsp3) is 0.389. The largest absolute Gasteiger partial charge is 0.497 e. The van der Waals surface area contributed by atoms with E-state index in [9.17, 15) is 0 Å². The summed E-state index contributed by atoms with van der Waals surface area (Å²) >= 11 is 7.16. The van der Waals surface area contributed by atoms with Crippen molar-refractivity contribution in [3.8, 4) is 5.75 Å². The van der Waals surface area contributed by atoms with Crippen molar-refractivity contribution in [3.05, 3.63) is 52.2 Å². The maximum Gasteiger partial charge on any atom is 0.166 e. The van der Waals surface area contributed by atoms with Crippen molar-refractivity contribution >= 4 is 28.7 Å². The molecule has 0 aliphatic carbocycles. The van der Waals surface area contributed by atoms with E-state index in [2.05, 4.69) is 59.3 Å². The summed E-state index contributed by atoms with van der Waals surface area (Å²) in [5, 5.41) is 9.40. The van der Waals surface area contributed by atoms with Crippen LogP contribution in [-0.4, -0.2) is 44.3 Å². The average molecular weight is 364 g/mol. The maximum absolute atomic E-state index is 5.39. The topological polar surface area (TPSA) is 36.5 Å². The van der Waals surface area contributed by atoms with Gasteiger partial charge < -0.3 is 20.3 Å². The zero-order valence-corrected chi connectivity index (χ0v) is 16.0. The summed E-state index contributed by atoms with van der Waals surface area (Å²) in [6, 6.07) is 12.7. The number of methoxy groups -OCH3 is 1. The lowest BCUT2D eigenvalue weighted by atomic mass is 10.1. The van der Waals surface area contributed by atoms with Crippen LogP contribution < -0.4 is 15.4 Å². The van der Waals surface area contributed by atoms with Crippen molar-refractivity contribution in [1.29, 1.82) is 0 Å². The monoisotopic (exact) mass is 363 g/mol. The van der Waals surface area contributed by atoms with Crippen molar-refractivity contribution < 1.29 is 4.74 Å². The number of nitrogens with one attached hydrogen (secondary N) is 2. The van der Waals surface area contributed by atoms with Gasteiger partial charge in [0.05, 0.1) is 13.2 Å². The van der Waals surface area contributed by atoms with Crippen molar-refractivity contribution in [2.45, 2.75) is 12.5 Å². The molecule has 2 N–H and O–H groups in total. The Kier molecular flexibility index (Phi) is 7.49. The molecule has 0 saturated carbocycles. The molecule has 1 atom stereocenters. The Hall–Kier alpha value is -1.63. The fourth-order valence-electron chi connectivity index (χ4n) is 2.38. The number of likely N-dealkylation sites (N-methyl/N-ethyl adjacent to an activating group) is 1. The van der Waals surface area contributed by atoms with Gasteiger partial charge in [0.2, 0.25) is 0 Å². The van der Waals surface area contributed by atoms with E-state index in [0.29, 0.717) is 11.2 Å². The first-order chi connectivity index (χ1) is 11.6. The number of hydrogen-bond donors (Lipinski definition) is 2. The Morgan fingerprint density at radius 3 is 2.54 bits per heavy atom. The summed E-state index contributed by atoms with van der Waals surface area (Å²) in [5.41, 5.74) is 1.26. The number of rotatable bonds is 8. The standard InChI is InChI=1S/C18H25N3OS2/c1-21(2)16(17-5-4-12-24-17)13-20-18(23)19-11-10-14-6-8-15(22-3)9-7-14/h4-9,12,16H,10-11,13H2,1-3H3,(H2,19,20,23)/t16-/m0/s1. The summed E-state index contributed by atoms with van der Waals surface area (Å²) in [4.78, 5) is 3.55. The van der Waals surface area contributed by atoms with E-state index in [1.54, 1.807) is 18.4 Å². The van der Waals surface area contributed by atoms with Crippen LogP contribution in [0.15, 0.2) is 41.8 Å². The average Bonchev–Trinajstić information content (AvgIpc) is 3.09. The number of ether oxygens (including phenoxy) is 1. The normalized spacial score (nSPS) is 12.0. The molecular weight excluding hydrogens is 338 g/mol. The molecule has 1 heterocycles. The Labute approximate surface area is 153 Å². The highest BCUT2D eigenvalue weighted by Crippen LogP contribution is 2.22. The van der Waals surface area contributed by atoms with Crippen molar-refractivity contribution in [2.75, 3.05) is 34.3 Å². The molecule has 2 aromatic rings. The number of hydrogen-bond acceptors (Lipinski definition) is 4. The van der Waals surface area contributed by atoms with Crippen molar-refractivity contribution in [2.24, 2.45) is 0 Å². The lowest BCUT2D eigenvalue weighted by Crippen LogP contribution is -2.40. The second-order valence-corrected chi connectivity index (χ2v) is 7.12. The zero-order chi connectivity index (χ0) is 17.4. The first-order valence-corrected chi connectivity index (χ1v) is 9.23. The molecule has 2 rings (SSSR count). The number of benzene rings is 1. The Morgan fingerprint density at radius 2 is 1.96 bits per heavy atom. The lowest BCUT2D eigenvalue weighted by Gasteiger charge is -2.24. The van der Waals surface area contributed by atoms with Crippen LogP contribution in [0.1, 0.15) is 16.5 Å². The molecule has 6 heteroatoms. The molecule has 0 saturated heterocycles. The van der Waals surface area contributed by atoms with Gasteiger partial charge in [-0.2, -0.15) is 0 Å². The molecule has 0 radical (unpaired) electrons. The van der Waals surface area contributed by atoms with E-state index in [4.69, 9.17) is 17.0 Å². The molecule has 4 nitrogen and oxygen atoms in total. The molecule has 0 bridgehead atoms. The lowest BCUT2D eigenvalue weighted by molar-refractivity contribution is 0.303. The van der Waals surface area contributed by atoms with E-state index >= 15 is 0 Å². The highest BCUT2D eigenvalue weighted by molar-refractivity contribution is 7.80. The van der Waals surface area contributed by atoms with E-state index in [1.165, 1.54) is 10.4 Å². The quantitative estimate of drug-likeness (QED) is 0.705. The number of thiophene rings is 1. The molecule has 0 aliphatic rings. The van der Waals surface area contributed by atoms with E-state index in [1.807, 2.05) is 12.1 Å². The van der Waals surface area contributed by atoms with Crippen LogP contribution in [-0.2, 0) is 6.42 Å². The van der Waals surface area contributed by atoms with Crippen LogP contribution in [0.5, 0.6) is 5.75 Å². The second kappa shape index (κ2) is 9.61. The third-order valence-corrected chi connectivity index (χ3v) is 5.07. The Morgan fingerprint density at radius 1 is 1.21 bits per heavy atom. The van der Waals surface area contributed by atoms with Crippen LogP contribution in [0, 0.1) is 0 Å². The van der Waals surface area contributed by atoms with Gasteiger partial charge in [0, 0.05) is 18.0 Å². The summed E-state index contributed by atoms with van der Waals surface area (Å²) in [6.07, 6.45) is 0.924. The zero-order valence-electron chi connectivity index (χ0n) is 14.4. The smallest absolute Gasteiger partial charge is 0.166 e. The minimum Gasteiger partial charge on any atom is -0.497 e. The molecule has 130 valence electrons. The molecule has 0 unspecified atom stereocenters. The third kappa shape index (κ3) is 5.78. The number of nitrogens with zero attached hydrogens (tertiary/aromatic N) is 1. The predicted octanol–water partition coefficient (Wildman–Crippen LogP) is 3.07. The Balaban J connectivity index is 1.72. The molecule has 0 amide bonds. The Bertz CT molecular complexity index is 612. The minimum absolute atomic E-state index is 0.325. The van der Waals surface area contributed by atoms with Gasteiger partial charge in [-0.05, 0) is 61.9 Å². The molecule has 0 aliphatic heterocycles. The highest BCUT2D eigenvalue weighted by Gasteiger charge is 2.15. The minimum atomic E-state index is 0.325. The summed E-state index contributed by atoms with van der Waals surface area (Å²) < 4.78 is 5.17. The van der Waals surface area contributed by atoms with Crippen LogP contribution in [0.3, 0.4) is 0 Å². The first-order valence-electron chi connectivity index (χ1n) is 7.94. The van der Waals surface area contributed by atoms with Crippen LogP contribution in [0.4, 0.5) is 0 Å². The fourth-order valence-corrected chi connectivity index (χ4v) is 3.49. The maximum atomic E-state index is 5.39. The molecule has 0 spiro atoms. The first kappa shape index (κ1) is 18.7. The molecule has 0 fully saturated rings. The summed E-state index contributed by atoms with van der Waals surface area (Å²) in [5.74, 6) is 0.882. The van der Waals surface area contributed by atoms with Gasteiger partial charge in [0.25, 0.3) is 0 Å². The molecule has 1 aromatic heterocycles. The highest BCUT2D eigenvalue weighted by atomic mass is 32.1. The van der Waals surface area contributed by atoms with Gasteiger partial charge in [0.1, 0.15) is 5.75 Å². The van der Waals surface area contributed by atoms with E-state index < -0.39 is 0 Å². The van der Waals surface area contributed by atoms with Gasteiger partial charge in [-0.15, -0.1) is 11.3 Å². The third-order valence-electron chi connectivity index (χ3n) is 3.81. The summed E-state index contributed by atoms with van der Waals surface area (Å²) in [6.45, 7) is 1.60. The SMILES string of the molecule is COc1ccc(CCNC(=S)NC[C@@H](c2cccs2)N(C)C)cc1. The molecule has 24 heavy (non-hydrogen) atoms. The van der Waals surface area contributed by atoms with E-state index in [0.717, 1.165) is 25.3 Å². The number of thiocarbonyl (C=S) groups is 1. The van der Waals surface area contributed by atoms with Gasteiger partial charge in [0.15, 0.2) is 5.11 Å². The van der Waals surface area contributed by atoms with Gasteiger partial charge in [-0.25, -0.2) is 0 Å². The van der Waals surface area contributed by atoms with Gasteiger partial charge in [-0.3, -0.25) is 0 Å². The van der Waals surface area contributed by atoms with E-state index in [-0.39, 0.29) is 0 Å². The molecular formula is C18H25N3OS2.